The molecule has 0 amide bonds. The molecule has 1 aromatic heterocycles. The van der Waals surface area contributed by atoms with E-state index >= 15 is 0 Å². The zero-order chi connectivity index (χ0) is 14.0. The predicted octanol–water partition coefficient (Wildman–Crippen LogP) is 3.27. The Morgan fingerprint density at radius 3 is 2.55 bits per heavy atom. The van der Waals surface area contributed by atoms with Gasteiger partial charge in [0.05, 0.1) is 4.34 Å². The van der Waals surface area contributed by atoms with Crippen LogP contribution in [0, 0.1) is 5.92 Å². The van der Waals surface area contributed by atoms with Crippen LogP contribution >= 0.6 is 46.9 Å². The van der Waals surface area contributed by atoms with E-state index in [1.807, 2.05) is 0 Å². The molecule has 2 atom stereocenters. The third kappa shape index (κ3) is 4.22. The third-order valence-electron chi connectivity index (χ3n) is 3.43. The van der Waals surface area contributed by atoms with Crippen molar-refractivity contribution in [3.63, 3.8) is 0 Å². The molecular weight excluding hydrogens is 363 g/mol. The molecular formula is C11H17Cl3N2O2S2. The van der Waals surface area contributed by atoms with Gasteiger partial charge in [0.25, 0.3) is 0 Å². The van der Waals surface area contributed by atoms with E-state index in [1.54, 1.807) is 0 Å². The molecule has 20 heavy (non-hydrogen) atoms. The van der Waals surface area contributed by atoms with Crippen LogP contribution in [-0.4, -0.2) is 21.0 Å². The van der Waals surface area contributed by atoms with Crippen molar-refractivity contribution in [2.24, 2.45) is 11.7 Å². The molecule has 0 aliphatic heterocycles. The number of nitrogens with two attached hydrogens (primary N) is 1. The van der Waals surface area contributed by atoms with Crippen LogP contribution in [0.2, 0.25) is 8.67 Å². The van der Waals surface area contributed by atoms with Gasteiger partial charge in [-0.25, -0.2) is 13.1 Å². The lowest BCUT2D eigenvalue weighted by atomic mass is 9.85. The minimum Gasteiger partial charge on any atom is -0.330 e. The lowest BCUT2D eigenvalue weighted by molar-refractivity contribution is 0.296. The van der Waals surface area contributed by atoms with E-state index in [0.717, 1.165) is 37.0 Å². The summed E-state index contributed by atoms with van der Waals surface area (Å²) >= 11 is 12.8. The molecule has 1 aliphatic carbocycles. The lowest BCUT2D eigenvalue weighted by Crippen LogP contribution is -2.44. The third-order valence-corrected chi connectivity index (χ3v) is 6.68. The van der Waals surface area contributed by atoms with E-state index in [1.165, 1.54) is 6.07 Å². The van der Waals surface area contributed by atoms with E-state index in [4.69, 9.17) is 28.9 Å². The van der Waals surface area contributed by atoms with Gasteiger partial charge in [0, 0.05) is 6.04 Å². The van der Waals surface area contributed by atoms with E-state index < -0.39 is 10.0 Å². The largest absolute Gasteiger partial charge is 0.330 e. The molecule has 1 aromatic rings. The van der Waals surface area contributed by atoms with Gasteiger partial charge in [-0.2, -0.15) is 0 Å². The molecule has 0 saturated heterocycles. The molecule has 4 nitrogen and oxygen atoms in total. The van der Waals surface area contributed by atoms with Gasteiger partial charge >= 0.3 is 0 Å². The first-order chi connectivity index (χ1) is 8.94. The number of halogens is 3. The van der Waals surface area contributed by atoms with Crippen molar-refractivity contribution in [3.05, 3.63) is 14.7 Å². The van der Waals surface area contributed by atoms with Crippen LogP contribution < -0.4 is 10.5 Å². The monoisotopic (exact) mass is 378 g/mol. The van der Waals surface area contributed by atoms with Crippen molar-refractivity contribution in [2.45, 2.75) is 36.6 Å². The van der Waals surface area contributed by atoms with Crippen molar-refractivity contribution >= 4 is 57.0 Å². The highest BCUT2D eigenvalue weighted by molar-refractivity contribution is 7.89. The summed E-state index contributed by atoms with van der Waals surface area (Å²) in [7, 11) is -3.62. The minimum absolute atomic E-state index is 0. The molecule has 1 heterocycles. The van der Waals surface area contributed by atoms with Gasteiger partial charge in [-0.15, -0.1) is 23.7 Å². The molecule has 0 radical (unpaired) electrons. The van der Waals surface area contributed by atoms with E-state index in [0.29, 0.717) is 10.9 Å². The quantitative estimate of drug-likeness (QED) is 0.843. The van der Waals surface area contributed by atoms with E-state index in [2.05, 4.69) is 4.72 Å². The van der Waals surface area contributed by atoms with Gasteiger partial charge in [0.2, 0.25) is 10.0 Å². The summed E-state index contributed by atoms with van der Waals surface area (Å²) in [4.78, 5) is 0.0607. The highest BCUT2D eigenvalue weighted by Crippen LogP contribution is 2.35. The van der Waals surface area contributed by atoms with Crippen molar-refractivity contribution in [3.8, 4) is 0 Å². The maximum atomic E-state index is 12.3. The van der Waals surface area contributed by atoms with Gasteiger partial charge in [0.1, 0.15) is 9.23 Å². The summed E-state index contributed by atoms with van der Waals surface area (Å²) in [5.74, 6) is 0.191. The molecule has 1 fully saturated rings. The van der Waals surface area contributed by atoms with E-state index in [9.17, 15) is 8.42 Å². The summed E-state index contributed by atoms with van der Waals surface area (Å²) in [6.45, 7) is 0.491. The van der Waals surface area contributed by atoms with E-state index in [-0.39, 0.29) is 33.6 Å². The summed E-state index contributed by atoms with van der Waals surface area (Å²) < 4.78 is 27.9. The first kappa shape index (κ1) is 18.5. The fraction of sp³-hybridized carbons (Fsp3) is 0.636. The number of hydrogen-bond acceptors (Lipinski definition) is 4. The maximum Gasteiger partial charge on any atom is 0.243 e. The standard InChI is InChI=1S/C11H16Cl2N2O2S2.ClH/c12-10-5-9(11(13)18-10)19(16,17)15-8-4-2-1-3-7(8)6-14;/h5,7-8,15H,1-4,6,14H2;1H. The highest BCUT2D eigenvalue weighted by atomic mass is 35.5. The second-order valence-electron chi connectivity index (χ2n) is 4.70. The molecule has 1 aliphatic rings. The predicted molar refractivity (Wildman–Crippen MR) is 86.7 cm³/mol. The van der Waals surface area contributed by atoms with Gasteiger partial charge in [-0.05, 0) is 31.4 Å². The lowest BCUT2D eigenvalue weighted by Gasteiger charge is -2.30. The van der Waals surface area contributed by atoms with Crippen molar-refractivity contribution in [1.82, 2.24) is 4.72 Å². The van der Waals surface area contributed by atoms with Gasteiger partial charge in [-0.3, -0.25) is 0 Å². The van der Waals surface area contributed by atoms with Crippen molar-refractivity contribution in [1.29, 1.82) is 0 Å². The second-order valence-corrected chi connectivity index (χ2v) is 8.66. The first-order valence-electron chi connectivity index (χ1n) is 6.11. The topological polar surface area (TPSA) is 72.2 Å². The summed E-state index contributed by atoms with van der Waals surface area (Å²) in [5, 5.41) is 0. The SMILES string of the molecule is Cl.NCC1CCCCC1NS(=O)(=O)c1cc(Cl)sc1Cl. The van der Waals surface area contributed by atoms with Gasteiger partial charge < -0.3 is 5.73 Å². The average molecular weight is 380 g/mol. The Kier molecular flexibility index (Phi) is 7.05. The normalized spacial score (nSPS) is 23.4. The Balaban J connectivity index is 0.00000200. The van der Waals surface area contributed by atoms with Gasteiger partial charge in [0.15, 0.2) is 0 Å². The van der Waals surface area contributed by atoms with Crippen molar-refractivity contribution in [2.75, 3.05) is 6.54 Å². The molecule has 2 rings (SSSR count). The van der Waals surface area contributed by atoms with Crippen LogP contribution in [0.3, 0.4) is 0 Å². The molecule has 0 aromatic carbocycles. The molecule has 1 saturated carbocycles. The maximum absolute atomic E-state index is 12.3. The fourth-order valence-electron chi connectivity index (χ4n) is 2.42. The summed E-state index contributed by atoms with van der Waals surface area (Å²) in [6.07, 6.45) is 3.89. The van der Waals surface area contributed by atoms with Gasteiger partial charge in [-0.1, -0.05) is 36.0 Å². The zero-order valence-electron chi connectivity index (χ0n) is 10.6. The summed E-state index contributed by atoms with van der Waals surface area (Å²) in [5.41, 5.74) is 5.71. The smallest absolute Gasteiger partial charge is 0.243 e. The van der Waals surface area contributed by atoms with Crippen LogP contribution in [0.5, 0.6) is 0 Å². The number of nitrogens with one attached hydrogen (secondary N) is 1. The Morgan fingerprint density at radius 1 is 1.35 bits per heavy atom. The molecule has 0 spiro atoms. The Hall–Kier alpha value is 0.440. The minimum atomic E-state index is -3.62. The second kappa shape index (κ2) is 7.63. The molecule has 2 unspecified atom stereocenters. The first-order valence-corrected chi connectivity index (χ1v) is 9.17. The Morgan fingerprint density at radius 2 is 2.00 bits per heavy atom. The number of sulfonamides is 1. The Bertz CT molecular complexity index is 548. The van der Waals surface area contributed by atoms with Crippen LogP contribution in [0.15, 0.2) is 11.0 Å². The van der Waals surface area contributed by atoms with Crippen LogP contribution in [0.25, 0.3) is 0 Å². The average Bonchev–Trinajstić information content (AvgIpc) is 2.69. The van der Waals surface area contributed by atoms with Crippen LogP contribution in [-0.2, 0) is 10.0 Å². The Labute approximate surface area is 139 Å². The molecule has 9 heteroatoms. The number of thiophene rings is 1. The highest BCUT2D eigenvalue weighted by Gasteiger charge is 2.30. The fourth-order valence-corrected chi connectivity index (χ4v) is 5.90. The number of hydrogen-bond donors (Lipinski definition) is 2. The van der Waals surface area contributed by atoms with Crippen LogP contribution in [0.4, 0.5) is 0 Å². The zero-order valence-corrected chi connectivity index (χ0v) is 14.6. The van der Waals surface area contributed by atoms with Crippen molar-refractivity contribution < 1.29 is 8.42 Å². The molecule has 0 bridgehead atoms. The van der Waals surface area contributed by atoms with Crippen LogP contribution in [0.1, 0.15) is 25.7 Å². The summed E-state index contributed by atoms with van der Waals surface area (Å²) in [6, 6.07) is 1.27. The molecule has 3 N–H and O–H groups in total. The number of rotatable bonds is 4. The molecule has 116 valence electrons.